The highest BCUT2D eigenvalue weighted by molar-refractivity contribution is 5.68. The van der Waals surface area contributed by atoms with Crippen molar-refractivity contribution in [1.29, 1.82) is 0 Å². The van der Waals surface area contributed by atoms with E-state index >= 15 is 0 Å². The first-order valence-electron chi connectivity index (χ1n) is 9.04. The number of ether oxygens (including phenoxy) is 1. The fourth-order valence-electron chi connectivity index (χ4n) is 3.43. The Morgan fingerprint density at radius 1 is 1.27 bits per heavy atom. The molecule has 1 amide bonds. The quantitative estimate of drug-likeness (QED) is 0.915. The summed E-state index contributed by atoms with van der Waals surface area (Å²) in [5.41, 5.74) is 1.91. The van der Waals surface area contributed by atoms with Crippen molar-refractivity contribution in [3.63, 3.8) is 0 Å². The van der Waals surface area contributed by atoms with Gasteiger partial charge in [0.2, 0.25) is 0 Å². The Hall–Kier alpha value is -2.34. The van der Waals surface area contributed by atoms with E-state index in [1.807, 2.05) is 46.3 Å². The van der Waals surface area contributed by atoms with Gasteiger partial charge in [-0.15, -0.1) is 0 Å². The zero-order chi connectivity index (χ0) is 18.7. The lowest BCUT2D eigenvalue weighted by atomic mass is 9.97. The van der Waals surface area contributed by atoms with Gasteiger partial charge in [0.25, 0.3) is 0 Å². The normalized spacial score (nSPS) is 20.9. The van der Waals surface area contributed by atoms with Crippen molar-refractivity contribution in [3.05, 3.63) is 53.9 Å². The molecule has 0 unspecified atom stereocenters. The van der Waals surface area contributed by atoms with Gasteiger partial charge in [-0.25, -0.2) is 4.79 Å². The Labute approximate surface area is 155 Å². The minimum absolute atomic E-state index is 0.00207. The third-order valence-electron chi connectivity index (χ3n) is 4.50. The lowest BCUT2D eigenvalue weighted by molar-refractivity contribution is 0.0502. The number of nitrogens with zero attached hydrogens (tertiary/aromatic N) is 3. The van der Waals surface area contributed by atoms with E-state index in [1.165, 1.54) is 5.56 Å². The molecule has 26 heavy (non-hydrogen) atoms. The van der Waals surface area contributed by atoms with E-state index in [-0.39, 0.29) is 18.1 Å². The van der Waals surface area contributed by atoms with Gasteiger partial charge in [-0.05, 0) is 31.9 Å². The van der Waals surface area contributed by atoms with E-state index in [0.29, 0.717) is 0 Å². The van der Waals surface area contributed by atoms with Crippen molar-refractivity contribution in [2.45, 2.75) is 44.9 Å². The van der Waals surface area contributed by atoms with Crippen LogP contribution in [-0.2, 0) is 18.3 Å². The van der Waals surface area contributed by atoms with Gasteiger partial charge in [-0.1, -0.05) is 30.3 Å². The molecule has 1 aromatic heterocycles. The molecule has 0 saturated carbocycles. The number of aromatic nitrogens is 2. The molecule has 0 bridgehead atoms. The molecule has 2 atom stereocenters. The van der Waals surface area contributed by atoms with Crippen molar-refractivity contribution in [3.8, 4) is 0 Å². The predicted octanol–water partition coefficient (Wildman–Crippen LogP) is 2.91. The maximum Gasteiger partial charge on any atom is 0.407 e. The standard InChI is InChI=1S/C20H28N4O2/c1-20(2,3)26-19(25)22-18-14-24(11-15-8-6-5-7-9-15)13-17(18)16-10-21-23(4)12-16/h5-10,12,17-18H,11,13-14H2,1-4H3,(H,22,25)/t17-,18-/m1/s1. The van der Waals surface area contributed by atoms with E-state index in [9.17, 15) is 4.79 Å². The summed E-state index contributed by atoms with van der Waals surface area (Å²) in [6.45, 7) is 8.16. The summed E-state index contributed by atoms with van der Waals surface area (Å²) in [6, 6.07) is 10.4. The van der Waals surface area contributed by atoms with Gasteiger partial charge in [0, 0.05) is 38.8 Å². The molecule has 6 nitrogen and oxygen atoms in total. The molecule has 1 aliphatic rings. The van der Waals surface area contributed by atoms with E-state index < -0.39 is 5.60 Å². The number of hydrogen-bond donors (Lipinski definition) is 1. The summed E-state index contributed by atoms with van der Waals surface area (Å²) >= 11 is 0. The van der Waals surface area contributed by atoms with Crippen LogP contribution in [0.15, 0.2) is 42.7 Å². The van der Waals surface area contributed by atoms with Crippen LogP contribution in [0.5, 0.6) is 0 Å². The Morgan fingerprint density at radius 3 is 2.62 bits per heavy atom. The second-order valence-corrected chi connectivity index (χ2v) is 7.99. The average molecular weight is 356 g/mol. The number of benzene rings is 1. The maximum atomic E-state index is 12.3. The van der Waals surface area contributed by atoms with Crippen molar-refractivity contribution in [1.82, 2.24) is 20.0 Å². The van der Waals surface area contributed by atoms with E-state index in [1.54, 1.807) is 4.68 Å². The molecule has 1 fully saturated rings. The number of alkyl carbamates (subject to hydrolysis) is 1. The van der Waals surface area contributed by atoms with Crippen molar-refractivity contribution in [2.75, 3.05) is 13.1 Å². The molecule has 0 spiro atoms. The van der Waals surface area contributed by atoms with E-state index in [2.05, 4.69) is 39.6 Å². The largest absolute Gasteiger partial charge is 0.444 e. The number of aryl methyl sites for hydroxylation is 1. The van der Waals surface area contributed by atoms with Crippen LogP contribution >= 0.6 is 0 Å². The summed E-state index contributed by atoms with van der Waals surface area (Å²) < 4.78 is 7.26. The smallest absolute Gasteiger partial charge is 0.407 e. The first-order valence-corrected chi connectivity index (χ1v) is 9.04. The number of likely N-dealkylation sites (tertiary alicyclic amines) is 1. The van der Waals surface area contributed by atoms with Crippen LogP contribution in [0.25, 0.3) is 0 Å². The van der Waals surface area contributed by atoms with Gasteiger partial charge >= 0.3 is 6.09 Å². The summed E-state index contributed by atoms with van der Waals surface area (Å²) in [5, 5.41) is 7.37. The fraction of sp³-hybridized carbons (Fsp3) is 0.500. The summed E-state index contributed by atoms with van der Waals surface area (Å²) in [7, 11) is 1.91. The molecule has 3 rings (SSSR count). The van der Waals surface area contributed by atoms with Crippen LogP contribution in [0.3, 0.4) is 0 Å². The summed E-state index contributed by atoms with van der Waals surface area (Å²) in [5.74, 6) is 0.194. The highest BCUT2D eigenvalue weighted by Crippen LogP contribution is 2.28. The molecule has 1 aliphatic heterocycles. The molecule has 1 N–H and O–H groups in total. The van der Waals surface area contributed by atoms with Crippen molar-refractivity contribution < 1.29 is 9.53 Å². The second kappa shape index (κ2) is 7.50. The Balaban J connectivity index is 1.72. The highest BCUT2D eigenvalue weighted by atomic mass is 16.6. The maximum absolute atomic E-state index is 12.3. The zero-order valence-corrected chi connectivity index (χ0v) is 16.0. The van der Waals surface area contributed by atoms with Crippen LogP contribution in [0, 0.1) is 0 Å². The second-order valence-electron chi connectivity index (χ2n) is 7.99. The molecule has 2 heterocycles. The van der Waals surface area contributed by atoms with Gasteiger partial charge in [-0.3, -0.25) is 9.58 Å². The van der Waals surface area contributed by atoms with E-state index in [0.717, 1.165) is 25.2 Å². The molecule has 2 aromatic rings. The topological polar surface area (TPSA) is 59.4 Å². The zero-order valence-electron chi connectivity index (χ0n) is 16.0. The molecule has 140 valence electrons. The Kier molecular flexibility index (Phi) is 5.32. The minimum atomic E-state index is -0.504. The summed E-state index contributed by atoms with van der Waals surface area (Å²) in [6.07, 6.45) is 3.55. The van der Waals surface area contributed by atoms with Gasteiger partial charge in [-0.2, -0.15) is 5.10 Å². The lowest BCUT2D eigenvalue weighted by Gasteiger charge is -2.24. The minimum Gasteiger partial charge on any atom is -0.444 e. The number of carbonyl (C=O) groups excluding carboxylic acids is 1. The molecule has 0 radical (unpaired) electrons. The Morgan fingerprint density at radius 2 is 2.00 bits per heavy atom. The first-order chi connectivity index (χ1) is 12.3. The molecule has 0 aliphatic carbocycles. The first kappa shape index (κ1) is 18.5. The van der Waals surface area contributed by atoms with Crippen LogP contribution in [0.4, 0.5) is 4.79 Å². The summed E-state index contributed by atoms with van der Waals surface area (Å²) in [4.78, 5) is 14.7. The number of carbonyl (C=O) groups is 1. The number of amides is 1. The number of rotatable bonds is 4. The van der Waals surface area contributed by atoms with Crippen molar-refractivity contribution >= 4 is 6.09 Å². The van der Waals surface area contributed by atoms with Gasteiger partial charge in [0.15, 0.2) is 0 Å². The van der Waals surface area contributed by atoms with Gasteiger partial charge in [0.05, 0.1) is 12.2 Å². The molecule has 1 saturated heterocycles. The number of hydrogen-bond acceptors (Lipinski definition) is 4. The number of nitrogens with one attached hydrogen (secondary N) is 1. The fourth-order valence-corrected chi connectivity index (χ4v) is 3.43. The van der Waals surface area contributed by atoms with Crippen LogP contribution in [-0.4, -0.2) is 45.5 Å². The molecule has 1 aromatic carbocycles. The SMILES string of the molecule is Cn1cc([C@H]2CN(Cc3ccccc3)C[C@H]2NC(=O)OC(C)(C)C)cn1. The van der Waals surface area contributed by atoms with Gasteiger partial charge < -0.3 is 10.1 Å². The van der Waals surface area contributed by atoms with Crippen LogP contribution in [0.2, 0.25) is 0 Å². The Bertz CT molecular complexity index is 736. The van der Waals surface area contributed by atoms with Crippen molar-refractivity contribution in [2.24, 2.45) is 7.05 Å². The third-order valence-corrected chi connectivity index (χ3v) is 4.50. The average Bonchev–Trinajstić information content (AvgIpc) is 3.12. The van der Waals surface area contributed by atoms with Gasteiger partial charge in [0.1, 0.15) is 5.60 Å². The monoisotopic (exact) mass is 356 g/mol. The van der Waals surface area contributed by atoms with Crippen LogP contribution in [0.1, 0.15) is 37.8 Å². The lowest BCUT2D eigenvalue weighted by Crippen LogP contribution is -2.42. The molecular formula is C20H28N4O2. The third kappa shape index (κ3) is 4.85. The molecular weight excluding hydrogens is 328 g/mol. The van der Waals surface area contributed by atoms with Crippen LogP contribution < -0.4 is 5.32 Å². The molecule has 6 heteroatoms. The predicted molar refractivity (Wildman–Crippen MR) is 101 cm³/mol. The van der Waals surface area contributed by atoms with E-state index in [4.69, 9.17) is 4.74 Å². The highest BCUT2D eigenvalue weighted by Gasteiger charge is 2.36.